The quantitative estimate of drug-likeness (QED) is 0.359. The Morgan fingerprint density at radius 2 is 1.74 bits per heavy atom. The number of benzene rings is 2. The second-order valence-electron chi connectivity index (χ2n) is 9.95. The summed E-state index contributed by atoms with van der Waals surface area (Å²) in [6.07, 6.45) is 0.772. The van der Waals surface area contributed by atoms with Gasteiger partial charge >= 0.3 is 12.2 Å². The zero-order chi connectivity index (χ0) is 27.7. The number of alkyl halides is 3. The van der Waals surface area contributed by atoms with Gasteiger partial charge in [0.15, 0.2) is 0 Å². The first-order chi connectivity index (χ1) is 18.6. The van der Waals surface area contributed by atoms with Crippen LogP contribution in [-0.2, 0) is 19.8 Å². The number of hydrogen-bond acceptors (Lipinski definition) is 5. The molecule has 0 radical (unpaired) electrons. The third kappa shape index (κ3) is 5.89. The van der Waals surface area contributed by atoms with Crippen LogP contribution in [0.5, 0.6) is 0 Å². The molecular formula is C28H30F3N7O. The molecule has 2 N–H and O–H groups in total. The third-order valence-electron chi connectivity index (χ3n) is 7.12. The summed E-state index contributed by atoms with van der Waals surface area (Å²) in [7, 11) is 3.85. The van der Waals surface area contributed by atoms with Crippen LogP contribution < -0.4 is 10.6 Å². The fourth-order valence-corrected chi connectivity index (χ4v) is 4.85. The van der Waals surface area contributed by atoms with Crippen molar-refractivity contribution in [3.8, 4) is 11.1 Å². The Morgan fingerprint density at radius 1 is 0.974 bits per heavy atom. The topological polar surface area (TPSA) is 78.3 Å². The summed E-state index contributed by atoms with van der Waals surface area (Å²) in [6, 6.07) is 8.89. The van der Waals surface area contributed by atoms with Gasteiger partial charge in [-0.3, -0.25) is 14.6 Å². The zero-order valence-corrected chi connectivity index (χ0v) is 22.0. The molecule has 5 rings (SSSR count). The molecule has 2 amide bonds. The normalized spacial score (nSPS) is 15.0. The molecule has 4 aromatic rings. The number of aromatic nitrogens is 3. The van der Waals surface area contributed by atoms with Gasteiger partial charge in [0.1, 0.15) is 0 Å². The molecule has 0 bridgehead atoms. The number of urea groups is 1. The molecule has 0 atom stereocenters. The molecule has 3 heterocycles. The monoisotopic (exact) mass is 537 g/mol. The van der Waals surface area contributed by atoms with Crippen molar-refractivity contribution < 1.29 is 18.0 Å². The summed E-state index contributed by atoms with van der Waals surface area (Å²) in [4.78, 5) is 21.2. The molecule has 39 heavy (non-hydrogen) atoms. The molecule has 1 aliphatic heterocycles. The Bertz CT molecular complexity index is 1510. The van der Waals surface area contributed by atoms with E-state index in [2.05, 4.69) is 25.6 Å². The van der Waals surface area contributed by atoms with E-state index in [-0.39, 0.29) is 17.8 Å². The number of aryl methyl sites for hydroxylation is 2. The predicted octanol–water partition coefficient (Wildman–Crippen LogP) is 5.35. The molecule has 2 aromatic heterocycles. The average molecular weight is 538 g/mol. The standard InChI is InChI=1S/C28H30F3N7O/c1-18-12-19(22-14-32-16-26-23(22)15-33-37(26)3)5-7-25(18)35-27(39)34-21-6-4-20(24(13-21)28(29,30)31)17-38-10-8-36(2)9-11-38/h4-7,12-16H,8-11,17H2,1-3H3,(H2,34,35,39). The van der Waals surface area contributed by atoms with E-state index in [1.807, 2.05) is 38.1 Å². The Kier molecular flexibility index (Phi) is 7.28. The highest BCUT2D eigenvalue weighted by atomic mass is 19.4. The van der Waals surface area contributed by atoms with Gasteiger partial charge in [0, 0.05) is 68.3 Å². The van der Waals surface area contributed by atoms with Crippen LogP contribution in [0.15, 0.2) is 55.0 Å². The van der Waals surface area contributed by atoms with Gasteiger partial charge in [0.25, 0.3) is 0 Å². The number of halogens is 3. The van der Waals surface area contributed by atoms with Crippen LogP contribution in [0.2, 0.25) is 0 Å². The van der Waals surface area contributed by atoms with Gasteiger partial charge in [-0.1, -0.05) is 12.1 Å². The van der Waals surface area contributed by atoms with Crippen molar-refractivity contribution in [3.63, 3.8) is 0 Å². The zero-order valence-electron chi connectivity index (χ0n) is 22.0. The molecule has 2 aromatic carbocycles. The molecule has 1 saturated heterocycles. The minimum absolute atomic E-state index is 0.0746. The predicted molar refractivity (Wildman–Crippen MR) is 146 cm³/mol. The second kappa shape index (κ2) is 10.7. The number of amides is 2. The highest BCUT2D eigenvalue weighted by molar-refractivity contribution is 6.01. The summed E-state index contributed by atoms with van der Waals surface area (Å²) >= 11 is 0. The number of pyridine rings is 1. The van der Waals surface area contributed by atoms with Crippen molar-refractivity contribution in [3.05, 3.63) is 71.7 Å². The molecule has 0 unspecified atom stereocenters. The lowest BCUT2D eigenvalue weighted by Crippen LogP contribution is -2.44. The fourth-order valence-electron chi connectivity index (χ4n) is 4.85. The second-order valence-corrected chi connectivity index (χ2v) is 9.95. The number of nitrogens with one attached hydrogen (secondary N) is 2. The van der Waals surface area contributed by atoms with Crippen molar-refractivity contribution in [2.75, 3.05) is 43.9 Å². The average Bonchev–Trinajstić information content (AvgIpc) is 3.28. The number of nitrogens with zero attached hydrogens (tertiary/aromatic N) is 5. The summed E-state index contributed by atoms with van der Waals surface area (Å²) in [5.41, 5.74) is 3.60. The molecular weight excluding hydrogens is 507 g/mol. The van der Waals surface area contributed by atoms with E-state index in [1.54, 1.807) is 29.3 Å². The summed E-state index contributed by atoms with van der Waals surface area (Å²) < 4.78 is 43.4. The highest BCUT2D eigenvalue weighted by Crippen LogP contribution is 2.35. The molecule has 1 aliphatic rings. The third-order valence-corrected chi connectivity index (χ3v) is 7.12. The van der Waals surface area contributed by atoms with E-state index < -0.39 is 17.8 Å². The van der Waals surface area contributed by atoms with E-state index in [9.17, 15) is 18.0 Å². The first-order valence-electron chi connectivity index (χ1n) is 12.6. The number of fused-ring (bicyclic) bond motifs is 1. The number of carbonyl (C=O) groups excluding carboxylic acids is 1. The van der Waals surface area contributed by atoms with Gasteiger partial charge < -0.3 is 15.5 Å². The van der Waals surface area contributed by atoms with Crippen molar-refractivity contribution >= 4 is 28.3 Å². The number of hydrogen-bond donors (Lipinski definition) is 2. The smallest absolute Gasteiger partial charge is 0.308 e. The minimum atomic E-state index is -4.53. The molecule has 11 heteroatoms. The van der Waals surface area contributed by atoms with Crippen LogP contribution in [0.4, 0.5) is 29.3 Å². The molecule has 8 nitrogen and oxygen atoms in total. The maximum Gasteiger partial charge on any atom is 0.416 e. The highest BCUT2D eigenvalue weighted by Gasteiger charge is 2.34. The number of rotatable bonds is 5. The number of likely N-dealkylation sites (N-methyl/N-ethyl adjacent to an activating group) is 1. The molecule has 204 valence electrons. The van der Waals surface area contributed by atoms with Gasteiger partial charge in [-0.05, 0) is 54.9 Å². The lowest BCUT2D eigenvalue weighted by Gasteiger charge is -2.33. The number of piperazine rings is 1. The minimum Gasteiger partial charge on any atom is -0.308 e. The largest absolute Gasteiger partial charge is 0.416 e. The summed E-state index contributed by atoms with van der Waals surface area (Å²) in [6.45, 7) is 5.12. The Hall–Kier alpha value is -3.96. The van der Waals surface area contributed by atoms with E-state index in [4.69, 9.17) is 0 Å². The molecule has 0 aliphatic carbocycles. The van der Waals surface area contributed by atoms with Crippen LogP contribution >= 0.6 is 0 Å². The van der Waals surface area contributed by atoms with Crippen molar-refractivity contribution in [1.82, 2.24) is 24.6 Å². The van der Waals surface area contributed by atoms with Gasteiger partial charge in [-0.15, -0.1) is 0 Å². The van der Waals surface area contributed by atoms with Crippen molar-refractivity contribution in [2.24, 2.45) is 7.05 Å². The number of anilines is 2. The van der Waals surface area contributed by atoms with Crippen LogP contribution in [-0.4, -0.2) is 63.8 Å². The molecule has 0 saturated carbocycles. The lowest BCUT2D eigenvalue weighted by atomic mass is 10.0. The first kappa shape index (κ1) is 26.6. The first-order valence-corrected chi connectivity index (χ1v) is 12.6. The van der Waals surface area contributed by atoms with E-state index in [0.29, 0.717) is 18.8 Å². The van der Waals surface area contributed by atoms with Crippen molar-refractivity contribution in [1.29, 1.82) is 0 Å². The Morgan fingerprint density at radius 3 is 2.46 bits per heavy atom. The summed E-state index contributed by atoms with van der Waals surface area (Å²) in [5, 5.41) is 10.6. The van der Waals surface area contributed by atoms with Gasteiger partial charge in [0.2, 0.25) is 0 Å². The van der Waals surface area contributed by atoms with E-state index >= 15 is 0 Å². The van der Waals surface area contributed by atoms with Crippen LogP contribution in [0, 0.1) is 6.92 Å². The van der Waals surface area contributed by atoms with E-state index in [0.717, 1.165) is 46.7 Å². The molecule has 0 spiro atoms. The van der Waals surface area contributed by atoms with Gasteiger partial charge in [0.05, 0.1) is 23.5 Å². The fraction of sp³-hybridized carbons (Fsp3) is 0.321. The van der Waals surface area contributed by atoms with Gasteiger partial charge in [-0.2, -0.15) is 18.3 Å². The maximum atomic E-state index is 13.9. The van der Waals surface area contributed by atoms with E-state index in [1.165, 1.54) is 12.1 Å². The Balaban J connectivity index is 1.30. The van der Waals surface area contributed by atoms with Crippen LogP contribution in [0.1, 0.15) is 16.7 Å². The molecule has 1 fully saturated rings. The van der Waals surface area contributed by atoms with Crippen molar-refractivity contribution in [2.45, 2.75) is 19.6 Å². The maximum absolute atomic E-state index is 13.9. The Labute approximate surface area is 224 Å². The number of carbonyl (C=O) groups is 1. The SMILES string of the molecule is Cc1cc(-c2cncc3c2cnn3C)ccc1NC(=O)Nc1ccc(CN2CCN(C)CC2)c(C(F)(F)F)c1. The lowest BCUT2D eigenvalue weighted by molar-refractivity contribution is -0.138. The van der Waals surface area contributed by atoms with Crippen LogP contribution in [0.3, 0.4) is 0 Å². The summed E-state index contributed by atoms with van der Waals surface area (Å²) in [5.74, 6) is 0. The van der Waals surface area contributed by atoms with Gasteiger partial charge in [-0.25, -0.2) is 4.79 Å². The van der Waals surface area contributed by atoms with Crippen LogP contribution in [0.25, 0.3) is 22.0 Å².